The average Bonchev–Trinajstić information content (AvgIpc) is 2.04. The summed E-state index contributed by atoms with van der Waals surface area (Å²) in [6.45, 7) is 4.09. The van der Waals surface area contributed by atoms with Gasteiger partial charge in [-0.15, -0.1) is 12.6 Å². The van der Waals surface area contributed by atoms with Crippen LogP contribution in [0.1, 0.15) is 26.7 Å². The topological polar surface area (TPSA) is 66.5 Å². The van der Waals surface area contributed by atoms with E-state index in [0.29, 0.717) is 0 Å². The standard InChI is InChI=1S/C7H16O2.CH3NS2/c1-3-4-7(2,5-8)6-9;2-1(3)4/h8-9H,3-6H2,1-2H3;(H3,2,3,4). The molecule has 0 saturated carbocycles. The van der Waals surface area contributed by atoms with E-state index in [9.17, 15) is 0 Å². The normalized spacial score (nSPS) is 10.2. The highest BCUT2D eigenvalue weighted by Crippen LogP contribution is 2.20. The van der Waals surface area contributed by atoms with E-state index in [1.54, 1.807) is 0 Å². The number of rotatable bonds is 4. The molecule has 0 fully saturated rings. The second-order valence-corrected chi connectivity index (χ2v) is 4.44. The molecule has 0 radical (unpaired) electrons. The zero-order valence-corrected chi connectivity index (χ0v) is 9.87. The molecule has 0 unspecified atom stereocenters. The summed E-state index contributed by atoms with van der Waals surface area (Å²) in [6.07, 6.45) is 1.90. The number of nitrogens with two attached hydrogens (primary N) is 1. The van der Waals surface area contributed by atoms with Gasteiger partial charge in [0.25, 0.3) is 0 Å². The number of thiocarbonyl (C=S) groups is 1. The fourth-order valence-corrected chi connectivity index (χ4v) is 0.812. The van der Waals surface area contributed by atoms with Crippen LogP contribution in [0.4, 0.5) is 0 Å². The molecule has 0 spiro atoms. The van der Waals surface area contributed by atoms with Crippen LogP contribution in [0.5, 0.6) is 0 Å². The van der Waals surface area contributed by atoms with Gasteiger partial charge in [0.15, 0.2) is 0 Å². The smallest absolute Gasteiger partial charge is 0.128 e. The van der Waals surface area contributed by atoms with Crippen molar-refractivity contribution in [3.8, 4) is 0 Å². The lowest BCUT2D eigenvalue weighted by Gasteiger charge is -2.23. The first-order chi connectivity index (χ1) is 5.91. The molecular weight excluding hydrogens is 206 g/mol. The van der Waals surface area contributed by atoms with Crippen LogP contribution in [-0.4, -0.2) is 27.7 Å². The summed E-state index contributed by atoms with van der Waals surface area (Å²) in [5, 5.41) is 17.5. The Labute approximate surface area is 90.7 Å². The first-order valence-electron chi connectivity index (χ1n) is 4.12. The molecule has 4 N–H and O–H groups in total. The van der Waals surface area contributed by atoms with Crippen molar-refractivity contribution in [3.05, 3.63) is 0 Å². The lowest BCUT2D eigenvalue weighted by atomic mass is 9.88. The molecule has 0 aliphatic rings. The first-order valence-corrected chi connectivity index (χ1v) is 4.97. The summed E-state index contributed by atoms with van der Waals surface area (Å²) in [5.74, 6) is 0. The molecule has 0 rings (SSSR count). The molecule has 0 saturated heterocycles. The van der Waals surface area contributed by atoms with Crippen molar-refractivity contribution < 1.29 is 10.2 Å². The third-order valence-electron chi connectivity index (χ3n) is 1.62. The van der Waals surface area contributed by atoms with Crippen molar-refractivity contribution in [3.63, 3.8) is 0 Å². The van der Waals surface area contributed by atoms with Gasteiger partial charge in [0.05, 0.1) is 13.2 Å². The van der Waals surface area contributed by atoms with Gasteiger partial charge in [-0.25, -0.2) is 0 Å². The van der Waals surface area contributed by atoms with Gasteiger partial charge in [-0.2, -0.15) is 0 Å². The van der Waals surface area contributed by atoms with E-state index in [2.05, 4.69) is 24.8 Å². The third kappa shape index (κ3) is 12.2. The number of hydrogen-bond acceptors (Lipinski definition) is 3. The van der Waals surface area contributed by atoms with E-state index in [1.807, 2.05) is 13.8 Å². The minimum absolute atomic E-state index is 0.0807. The van der Waals surface area contributed by atoms with Crippen LogP contribution in [-0.2, 0) is 0 Å². The van der Waals surface area contributed by atoms with E-state index < -0.39 is 0 Å². The van der Waals surface area contributed by atoms with Gasteiger partial charge in [-0.05, 0) is 6.42 Å². The van der Waals surface area contributed by atoms with Gasteiger partial charge in [0.1, 0.15) is 4.32 Å². The van der Waals surface area contributed by atoms with Crippen molar-refractivity contribution >= 4 is 29.2 Å². The second kappa shape index (κ2) is 8.74. The summed E-state index contributed by atoms with van der Waals surface area (Å²) in [7, 11) is 0. The molecule has 13 heavy (non-hydrogen) atoms. The lowest BCUT2D eigenvalue weighted by molar-refractivity contribution is 0.0622. The molecule has 0 aliphatic carbocycles. The zero-order valence-electron chi connectivity index (χ0n) is 8.16. The maximum absolute atomic E-state index is 8.76. The van der Waals surface area contributed by atoms with Crippen molar-refractivity contribution in [2.75, 3.05) is 13.2 Å². The van der Waals surface area contributed by atoms with Gasteiger partial charge in [-0.1, -0.05) is 32.5 Å². The molecule has 0 aliphatic heterocycles. The summed E-state index contributed by atoms with van der Waals surface area (Å²) in [5.41, 5.74) is 4.45. The fourth-order valence-electron chi connectivity index (χ4n) is 0.812. The lowest BCUT2D eigenvalue weighted by Crippen LogP contribution is -2.25. The number of thiol groups is 1. The fraction of sp³-hybridized carbons (Fsp3) is 0.875. The maximum Gasteiger partial charge on any atom is 0.128 e. The Hall–Kier alpha value is 0.160. The Morgan fingerprint density at radius 1 is 1.46 bits per heavy atom. The van der Waals surface area contributed by atoms with E-state index in [4.69, 9.17) is 15.9 Å². The van der Waals surface area contributed by atoms with Crippen molar-refractivity contribution in [1.29, 1.82) is 0 Å². The van der Waals surface area contributed by atoms with Crippen molar-refractivity contribution in [1.82, 2.24) is 0 Å². The molecule has 0 aromatic carbocycles. The van der Waals surface area contributed by atoms with Crippen molar-refractivity contribution in [2.45, 2.75) is 26.7 Å². The molecule has 0 bridgehead atoms. The van der Waals surface area contributed by atoms with Gasteiger partial charge >= 0.3 is 0 Å². The highest BCUT2D eigenvalue weighted by atomic mass is 32.1. The quantitative estimate of drug-likeness (QED) is 0.425. The predicted molar refractivity (Wildman–Crippen MR) is 63.0 cm³/mol. The summed E-state index contributed by atoms with van der Waals surface area (Å²) >= 11 is 7.65. The largest absolute Gasteiger partial charge is 0.396 e. The molecule has 0 heterocycles. The van der Waals surface area contributed by atoms with Crippen molar-refractivity contribution in [2.24, 2.45) is 11.1 Å². The highest BCUT2D eigenvalue weighted by molar-refractivity contribution is 8.10. The summed E-state index contributed by atoms with van der Waals surface area (Å²) < 4.78 is 0.194. The summed E-state index contributed by atoms with van der Waals surface area (Å²) in [4.78, 5) is 0. The molecule has 0 amide bonds. The van der Waals surface area contributed by atoms with E-state index in [0.717, 1.165) is 12.8 Å². The molecule has 0 atom stereocenters. The molecule has 0 aromatic rings. The zero-order chi connectivity index (χ0) is 10.9. The van der Waals surface area contributed by atoms with Crippen LogP contribution in [0.2, 0.25) is 0 Å². The van der Waals surface area contributed by atoms with Gasteiger partial charge in [0.2, 0.25) is 0 Å². The molecular formula is C8H19NO2S2. The number of aliphatic hydroxyl groups excluding tert-OH is 2. The molecule has 3 nitrogen and oxygen atoms in total. The van der Waals surface area contributed by atoms with Crippen LogP contribution >= 0.6 is 24.8 Å². The Bertz CT molecular complexity index is 134. The van der Waals surface area contributed by atoms with Gasteiger partial charge < -0.3 is 15.9 Å². The molecule has 5 heteroatoms. The Morgan fingerprint density at radius 3 is 1.85 bits per heavy atom. The molecule has 0 aromatic heterocycles. The third-order valence-corrected chi connectivity index (χ3v) is 1.62. The molecule has 80 valence electrons. The predicted octanol–water partition coefficient (Wildman–Crippen LogP) is 0.937. The minimum Gasteiger partial charge on any atom is -0.396 e. The summed E-state index contributed by atoms with van der Waals surface area (Å²) in [6, 6.07) is 0. The Kier molecular flexibility index (Phi) is 10.5. The maximum atomic E-state index is 8.76. The van der Waals surface area contributed by atoms with Crippen LogP contribution in [0, 0.1) is 5.41 Å². The minimum atomic E-state index is -0.255. The van der Waals surface area contributed by atoms with E-state index in [-0.39, 0.29) is 22.9 Å². The Balaban J connectivity index is 0. The highest BCUT2D eigenvalue weighted by Gasteiger charge is 2.20. The number of aliphatic hydroxyl groups is 2. The monoisotopic (exact) mass is 225 g/mol. The van der Waals surface area contributed by atoms with Crippen LogP contribution in [0.3, 0.4) is 0 Å². The van der Waals surface area contributed by atoms with Gasteiger partial charge in [0, 0.05) is 5.41 Å². The second-order valence-electron chi connectivity index (χ2n) is 3.22. The Morgan fingerprint density at radius 2 is 1.77 bits per heavy atom. The van der Waals surface area contributed by atoms with Crippen LogP contribution in [0.15, 0.2) is 0 Å². The first kappa shape index (κ1) is 15.6. The average molecular weight is 225 g/mol. The van der Waals surface area contributed by atoms with Crippen LogP contribution < -0.4 is 5.73 Å². The van der Waals surface area contributed by atoms with E-state index >= 15 is 0 Å². The van der Waals surface area contributed by atoms with Gasteiger partial charge in [-0.3, -0.25) is 0 Å². The van der Waals surface area contributed by atoms with Crippen LogP contribution in [0.25, 0.3) is 0 Å². The number of hydrogen-bond donors (Lipinski definition) is 4. The SMILES string of the molecule is CCCC(C)(CO)CO.NC(=S)S. The van der Waals surface area contributed by atoms with E-state index in [1.165, 1.54) is 0 Å².